The van der Waals surface area contributed by atoms with Crippen molar-refractivity contribution in [3.05, 3.63) is 12.7 Å². The average Bonchev–Trinajstić information content (AvgIpc) is 2.36. The molecule has 0 aromatic heterocycles. The molecule has 1 heterocycles. The predicted molar refractivity (Wildman–Crippen MR) is 68.9 cm³/mol. The van der Waals surface area contributed by atoms with E-state index >= 15 is 0 Å². The zero-order chi connectivity index (χ0) is 12.7. The van der Waals surface area contributed by atoms with E-state index in [9.17, 15) is 4.79 Å². The highest BCUT2D eigenvalue weighted by molar-refractivity contribution is 5.80. The molecule has 1 N–H and O–H groups in total. The quantitative estimate of drug-likeness (QED) is 0.709. The van der Waals surface area contributed by atoms with Crippen LogP contribution in [0.4, 0.5) is 0 Å². The van der Waals surface area contributed by atoms with Crippen molar-refractivity contribution in [3.63, 3.8) is 0 Å². The number of carbonyl (C=O) groups excluding carboxylic acids is 1. The van der Waals surface area contributed by atoms with E-state index < -0.39 is 6.10 Å². The topological polar surface area (TPSA) is 41.6 Å². The van der Waals surface area contributed by atoms with E-state index in [1.165, 1.54) is 0 Å². The van der Waals surface area contributed by atoms with Gasteiger partial charge in [0.2, 0.25) is 5.91 Å². The second-order valence-corrected chi connectivity index (χ2v) is 4.51. The number of likely N-dealkylation sites (N-methyl/N-ethyl adjacent to an activating group) is 1. The number of likely N-dealkylation sites (tertiary alicyclic amines) is 1. The highest BCUT2D eigenvalue weighted by atomic mass is 16.5. The number of nitrogens with zero attached hydrogens (tertiary/aromatic N) is 1. The van der Waals surface area contributed by atoms with Crippen molar-refractivity contribution >= 4 is 5.91 Å². The molecule has 1 amide bonds. The number of piperidine rings is 1. The molecule has 2 atom stereocenters. The largest absolute Gasteiger partial charge is 0.365 e. The van der Waals surface area contributed by atoms with Gasteiger partial charge in [0.25, 0.3) is 0 Å². The molecule has 1 fully saturated rings. The molecular formula is C13H24N2O2. The highest BCUT2D eigenvalue weighted by Crippen LogP contribution is 2.09. The lowest BCUT2D eigenvalue weighted by molar-refractivity contribution is -0.132. The molecular weight excluding hydrogens is 216 g/mol. The van der Waals surface area contributed by atoms with Gasteiger partial charge in [0, 0.05) is 12.6 Å². The van der Waals surface area contributed by atoms with Gasteiger partial charge in [0.1, 0.15) is 6.10 Å². The lowest BCUT2D eigenvalue weighted by Gasteiger charge is -2.32. The van der Waals surface area contributed by atoms with Gasteiger partial charge < -0.3 is 15.0 Å². The third-order valence-corrected chi connectivity index (χ3v) is 3.13. The van der Waals surface area contributed by atoms with Crippen molar-refractivity contribution in [3.8, 4) is 0 Å². The van der Waals surface area contributed by atoms with Gasteiger partial charge >= 0.3 is 0 Å². The Morgan fingerprint density at radius 3 is 3.12 bits per heavy atom. The number of nitrogens with one attached hydrogen (secondary N) is 1. The van der Waals surface area contributed by atoms with Crippen molar-refractivity contribution in [1.82, 2.24) is 10.2 Å². The fraction of sp³-hybridized carbons (Fsp3) is 0.769. The first-order valence-electron chi connectivity index (χ1n) is 6.42. The highest BCUT2D eigenvalue weighted by Gasteiger charge is 2.22. The zero-order valence-corrected chi connectivity index (χ0v) is 10.9. The lowest BCUT2D eigenvalue weighted by atomic mass is 10.1. The summed E-state index contributed by atoms with van der Waals surface area (Å²) < 4.78 is 5.30. The van der Waals surface area contributed by atoms with Crippen molar-refractivity contribution < 1.29 is 9.53 Å². The minimum atomic E-state index is -0.398. The maximum atomic E-state index is 11.8. The third kappa shape index (κ3) is 4.88. The molecule has 0 spiro atoms. The minimum Gasteiger partial charge on any atom is -0.365 e. The summed E-state index contributed by atoms with van der Waals surface area (Å²) in [6, 6.07) is 0.269. The molecule has 0 aromatic carbocycles. The van der Waals surface area contributed by atoms with Crippen LogP contribution in [-0.2, 0) is 9.53 Å². The third-order valence-electron chi connectivity index (χ3n) is 3.13. The molecule has 17 heavy (non-hydrogen) atoms. The Balaban J connectivity index is 2.31. The van der Waals surface area contributed by atoms with Crippen molar-refractivity contribution in [2.45, 2.75) is 38.8 Å². The first-order valence-corrected chi connectivity index (χ1v) is 6.42. The van der Waals surface area contributed by atoms with E-state index in [1.54, 1.807) is 13.0 Å². The summed E-state index contributed by atoms with van der Waals surface area (Å²) in [4.78, 5) is 14.2. The van der Waals surface area contributed by atoms with Crippen LogP contribution < -0.4 is 5.32 Å². The van der Waals surface area contributed by atoms with Crippen LogP contribution in [0.25, 0.3) is 0 Å². The summed E-state index contributed by atoms with van der Waals surface area (Å²) in [5, 5.41) is 3.05. The van der Waals surface area contributed by atoms with E-state index in [0.717, 1.165) is 32.5 Å². The standard InChI is InChI=1S/C13H24N2O2/c1-4-9-17-11(3)13(16)14-12-7-6-8-15(5-2)10-12/h4,11-12H,1,5-10H2,2-3H3,(H,14,16). The number of hydrogen-bond donors (Lipinski definition) is 1. The molecule has 0 aromatic rings. The number of ether oxygens (including phenoxy) is 1. The fourth-order valence-corrected chi connectivity index (χ4v) is 2.07. The molecule has 4 heteroatoms. The Labute approximate surface area is 104 Å². The molecule has 4 nitrogen and oxygen atoms in total. The van der Waals surface area contributed by atoms with E-state index in [0.29, 0.717) is 6.61 Å². The monoisotopic (exact) mass is 240 g/mol. The molecule has 1 aliphatic rings. The van der Waals surface area contributed by atoms with Crippen LogP contribution in [0.1, 0.15) is 26.7 Å². The Morgan fingerprint density at radius 2 is 2.47 bits per heavy atom. The van der Waals surface area contributed by atoms with Crippen LogP contribution in [0.3, 0.4) is 0 Å². The Morgan fingerprint density at radius 1 is 1.71 bits per heavy atom. The molecule has 0 aliphatic carbocycles. The summed E-state index contributed by atoms with van der Waals surface area (Å²) in [6.07, 6.45) is 3.48. The van der Waals surface area contributed by atoms with E-state index in [4.69, 9.17) is 4.74 Å². The summed E-state index contributed by atoms with van der Waals surface area (Å²) in [6.45, 7) is 11.1. The van der Waals surface area contributed by atoms with Gasteiger partial charge in [0.15, 0.2) is 0 Å². The molecule has 2 unspecified atom stereocenters. The number of rotatable bonds is 6. The Hall–Kier alpha value is -0.870. The lowest BCUT2D eigenvalue weighted by Crippen LogP contribution is -2.50. The van der Waals surface area contributed by atoms with Crippen molar-refractivity contribution in [2.75, 3.05) is 26.2 Å². The molecule has 1 aliphatic heterocycles. The van der Waals surface area contributed by atoms with Crippen LogP contribution in [0.5, 0.6) is 0 Å². The summed E-state index contributed by atoms with van der Waals surface area (Å²) in [5.41, 5.74) is 0. The van der Waals surface area contributed by atoms with Gasteiger partial charge in [0.05, 0.1) is 6.61 Å². The summed E-state index contributed by atoms with van der Waals surface area (Å²) in [5.74, 6) is -0.0187. The fourth-order valence-electron chi connectivity index (χ4n) is 2.07. The summed E-state index contributed by atoms with van der Waals surface area (Å²) >= 11 is 0. The van der Waals surface area contributed by atoms with Crippen LogP contribution in [0.2, 0.25) is 0 Å². The maximum absolute atomic E-state index is 11.8. The van der Waals surface area contributed by atoms with Crippen molar-refractivity contribution in [1.29, 1.82) is 0 Å². The van der Waals surface area contributed by atoms with Crippen LogP contribution in [-0.4, -0.2) is 49.2 Å². The average molecular weight is 240 g/mol. The van der Waals surface area contributed by atoms with Gasteiger partial charge in [-0.25, -0.2) is 0 Å². The minimum absolute atomic E-state index is 0.0187. The number of amides is 1. The molecule has 0 radical (unpaired) electrons. The second-order valence-electron chi connectivity index (χ2n) is 4.51. The first kappa shape index (κ1) is 14.2. The molecule has 0 saturated carbocycles. The SMILES string of the molecule is C=CCOC(C)C(=O)NC1CCCN(CC)C1. The molecule has 1 saturated heterocycles. The first-order chi connectivity index (χ1) is 8.17. The maximum Gasteiger partial charge on any atom is 0.249 e. The molecule has 0 bridgehead atoms. The van der Waals surface area contributed by atoms with Gasteiger partial charge in [-0.3, -0.25) is 4.79 Å². The van der Waals surface area contributed by atoms with Gasteiger partial charge in [-0.15, -0.1) is 6.58 Å². The second kappa shape index (κ2) is 7.45. The van der Waals surface area contributed by atoms with Crippen LogP contribution >= 0.6 is 0 Å². The number of hydrogen-bond acceptors (Lipinski definition) is 3. The van der Waals surface area contributed by atoms with Crippen LogP contribution in [0, 0.1) is 0 Å². The van der Waals surface area contributed by atoms with E-state index in [2.05, 4.69) is 23.7 Å². The zero-order valence-electron chi connectivity index (χ0n) is 10.9. The molecule has 1 rings (SSSR count). The molecule has 98 valence electrons. The number of carbonyl (C=O) groups is 1. The van der Waals surface area contributed by atoms with Gasteiger partial charge in [-0.05, 0) is 32.9 Å². The van der Waals surface area contributed by atoms with Crippen molar-refractivity contribution in [2.24, 2.45) is 0 Å². The Kier molecular flexibility index (Phi) is 6.22. The summed E-state index contributed by atoms with van der Waals surface area (Å²) in [7, 11) is 0. The van der Waals surface area contributed by atoms with Gasteiger partial charge in [-0.1, -0.05) is 13.0 Å². The smallest absolute Gasteiger partial charge is 0.249 e. The van der Waals surface area contributed by atoms with E-state index in [1.807, 2.05) is 0 Å². The van der Waals surface area contributed by atoms with Crippen LogP contribution in [0.15, 0.2) is 12.7 Å². The predicted octanol–water partition coefficient (Wildman–Crippen LogP) is 1.18. The van der Waals surface area contributed by atoms with Gasteiger partial charge in [-0.2, -0.15) is 0 Å². The Bertz CT molecular complexity index is 256. The van der Waals surface area contributed by atoms with E-state index in [-0.39, 0.29) is 11.9 Å². The normalized spacial score (nSPS) is 23.1.